The molecule has 0 atom stereocenters. The topological polar surface area (TPSA) is 51.8 Å². The van der Waals surface area contributed by atoms with E-state index in [1.807, 2.05) is 78.1 Å². The fraction of sp³-hybridized carbons (Fsp3) is 0. The lowest BCUT2D eigenvalue weighted by atomic mass is 9.93. The van der Waals surface area contributed by atoms with Gasteiger partial charge >= 0.3 is 0 Å². The van der Waals surface area contributed by atoms with Crippen LogP contribution in [0.3, 0.4) is 0 Å². The van der Waals surface area contributed by atoms with Crippen LogP contribution in [0.5, 0.6) is 0 Å². The molecule has 6 heteroatoms. The number of para-hydroxylation sites is 1. The molecule has 0 aliphatic rings. The molecule has 0 aliphatic carbocycles. The molecule has 12 rings (SSSR count). The molecule has 0 fully saturated rings. The van der Waals surface area contributed by atoms with Crippen LogP contribution in [-0.2, 0) is 0 Å². The van der Waals surface area contributed by atoms with Crippen molar-refractivity contribution in [1.29, 1.82) is 0 Å². The Labute approximate surface area is 335 Å². The quantitative estimate of drug-likeness (QED) is 0.175. The Hall–Kier alpha value is -6.99. The van der Waals surface area contributed by atoms with Gasteiger partial charge in [-0.05, 0) is 65.2 Å². The lowest BCUT2D eigenvalue weighted by molar-refractivity contribution is 0.669. The lowest BCUT2D eigenvalue weighted by Gasteiger charge is -2.11. The Morgan fingerprint density at radius 1 is 0.333 bits per heavy atom. The van der Waals surface area contributed by atoms with Crippen molar-refractivity contribution >= 4 is 85.0 Å². The third-order valence-corrected chi connectivity index (χ3v) is 13.3. The van der Waals surface area contributed by atoms with E-state index in [9.17, 15) is 0 Å². The van der Waals surface area contributed by atoms with E-state index in [1.54, 1.807) is 11.3 Å². The monoisotopic (exact) mass is 763 g/mol. The second-order valence-electron chi connectivity index (χ2n) is 14.3. The first-order chi connectivity index (χ1) is 28.2. The van der Waals surface area contributed by atoms with Crippen LogP contribution in [0.4, 0.5) is 0 Å². The minimum Gasteiger partial charge on any atom is -0.456 e. The molecule has 4 aromatic heterocycles. The predicted octanol–water partition coefficient (Wildman–Crippen LogP) is 14.8. The van der Waals surface area contributed by atoms with Gasteiger partial charge in [0.05, 0.1) is 0 Å². The summed E-state index contributed by atoms with van der Waals surface area (Å²) in [5.74, 6) is 1.98. The molecule has 4 nitrogen and oxygen atoms in total. The zero-order valence-corrected chi connectivity index (χ0v) is 31.9. The molecule has 8 aromatic carbocycles. The molecule has 0 saturated heterocycles. The molecule has 0 spiro atoms. The number of furan rings is 1. The van der Waals surface area contributed by atoms with Crippen LogP contribution in [0.1, 0.15) is 0 Å². The van der Waals surface area contributed by atoms with Gasteiger partial charge in [-0.15, -0.1) is 22.7 Å². The maximum absolute atomic E-state index is 6.36. The van der Waals surface area contributed by atoms with Crippen LogP contribution in [0, 0.1) is 0 Å². The van der Waals surface area contributed by atoms with Gasteiger partial charge in [-0.2, -0.15) is 0 Å². The summed E-state index contributed by atoms with van der Waals surface area (Å²) in [6.07, 6.45) is 0. The highest BCUT2D eigenvalue weighted by molar-refractivity contribution is 7.26. The molecular formula is C51H29N3OS2. The highest BCUT2D eigenvalue weighted by atomic mass is 32.1. The number of fused-ring (bicyclic) bond motifs is 9. The lowest BCUT2D eigenvalue weighted by Crippen LogP contribution is -1.99. The summed E-state index contributed by atoms with van der Waals surface area (Å²) in [6, 6.07) is 62.1. The highest BCUT2D eigenvalue weighted by Gasteiger charge is 2.19. The number of aromatic nitrogens is 3. The summed E-state index contributed by atoms with van der Waals surface area (Å²) in [5.41, 5.74) is 9.49. The van der Waals surface area contributed by atoms with Crippen molar-refractivity contribution in [2.75, 3.05) is 0 Å². The first-order valence-electron chi connectivity index (χ1n) is 18.9. The van der Waals surface area contributed by atoms with Crippen LogP contribution in [-0.4, -0.2) is 15.0 Å². The average Bonchev–Trinajstić information content (AvgIpc) is 3.97. The first-order valence-corrected chi connectivity index (χ1v) is 20.6. The standard InChI is InChI=1S/C51H29N3OS2/c1-3-12-30(13-4-1)49-52-50(31-14-5-2-6-15-31)54-51(53-49)33-22-24-36-39-26-32(23-25-45(39)56-46(36)29-33)34-27-40-35-16-8-10-21-44(35)57-48(40)41(28-34)37-18-11-20-43-47(37)38-17-7-9-19-42(38)55-43/h1-29H. The summed E-state index contributed by atoms with van der Waals surface area (Å²) in [5, 5.41) is 7.31. The fourth-order valence-electron chi connectivity index (χ4n) is 8.23. The van der Waals surface area contributed by atoms with Gasteiger partial charge in [-0.1, -0.05) is 127 Å². The van der Waals surface area contributed by atoms with E-state index >= 15 is 0 Å². The predicted molar refractivity (Wildman–Crippen MR) is 240 cm³/mol. The Bertz CT molecular complexity index is 3470. The minimum absolute atomic E-state index is 0.659. The third kappa shape index (κ3) is 5.30. The van der Waals surface area contributed by atoms with Crippen molar-refractivity contribution in [2.45, 2.75) is 0 Å². The van der Waals surface area contributed by atoms with Gasteiger partial charge < -0.3 is 4.42 Å². The molecule has 0 bridgehead atoms. The minimum atomic E-state index is 0.659. The number of hydrogen-bond donors (Lipinski definition) is 0. The molecule has 0 unspecified atom stereocenters. The summed E-state index contributed by atoms with van der Waals surface area (Å²) in [4.78, 5) is 14.9. The summed E-state index contributed by atoms with van der Waals surface area (Å²) < 4.78 is 11.4. The van der Waals surface area contributed by atoms with Gasteiger partial charge in [-0.25, -0.2) is 15.0 Å². The zero-order valence-electron chi connectivity index (χ0n) is 30.3. The van der Waals surface area contributed by atoms with Gasteiger partial charge in [-0.3, -0.25) is 0 Å². The van der Waals surface area contributed by atoms with Gasteiger partial charge in [0.25, 0.3) is 0 Å². The van der Waals surface area contributed by atoms with E-state index in [1.165, 1.54) is 62.6 Å². The first kappa shape index (κ1) is 32.3. The maximum atomic E-state index is 6.36. The van der Waals surface area contributed by atoms with E-state index < -0.39 is 0 Å². The fourth-order valence-corrected chi connectivity index (χ4v) is 10.6. The molecule has 12 aromatic rings. The normalized spacial score (nSPS) is 11.9. The van der Waals surface area contributed by atoms with Crippen LogP contribution >= 0.6 is 22.7 Å². The molecule has 0 amide bonds. The van der Waals surface area contributed by atoms with Crippen molar-refractivity contribution in [2.24, 2.45) is 0 Å². The van der Waals surface area contributed by atoms with Crippen LogP contribution in [0.25, 0.3) is 119 Å². The Morgan fingerprint density at radius 2 is 0.947 bits per heavy atom. The average molecular weight is 764 g/mol. The summed E-state index contributed by atoms with van der Waals surface area (Å²) >= 11 is 3.67. The van der Waals surface area contributed by atoms with Crippen molar-refractivity contribution < 1.29 is 4.42 Å². The Morgan fingerprint density at radius 3 is 1.74 bits per heavy atom. The second kappa shape index (κ2) is 12.8. The molecule has 0 saturated carbocycles. The summed E-state index contributed by atoms with van der Waals surface area (Å²) in [7, 11) is 0. The van der Waals surface area contributed by atoms with Crippen LogP contribution < -0.4 is 0 Å². The Kier molecular flexibility index (Phi) is 7.24. The van der Waals surface area contributed by atoms with Gasteiger partial charge in [0, 0.05) is 73.4 Å². The number of nitrogens with zero attached hydrogens (tertiary/aromatic N) is 3. The zero-order chi connectivity index (χ0) is 37.5. The van der Waals surface area contributed by atoms with Crippen molar-refractivity contribution in [1.82, 2.24) is 15.0 Å². The van der Waals surface area contributed by atoms with Gasteiger partial charge in [0.1, 0.15) is 11.2 Å². The van der Waals surface area contributed by atoms with Gasteiger partial charge in [0.2, 0.25) is 0 Å². The van der Waals surface area contributed by atoms with Crippen molar-refractivity contribution in [3.05, 3.63) is 176 Å². The molecule has 4 heterocycles. The number of hydrogen-bond acceptors (Lipinski definition) is 6. The largest absolute Gasteiger partial charge is 0.456 e. The van der Waals surface area contributed by atoms with E-state index in [2.05, 4.69) is 109 Å². The molecule has 266 valence electrons. The van der Waals surface area contributed by atoms with E-state index in [0.717, 1.165) is 38.6 Å². The van der Waals surface area contributed by atoms with E-state index in [-0.39, 0.29) is 0 Å². The molecule has 57 heavy (non-hydrogen) atoms. The number of benzene rings is 8. The van der Waals surface area contributed by atoms with Gasteiger partial charge in [0.15, 0.2) is 17.5 Å². The second-order valence-corrected chi connectivity index (χ2v) is 16.5. The molecule has 0 radical (unpaired) electrons. The summed E-state index contributed by atoms with van der Waals surface area (Å²) in [6.45, 7) is 0. The van der Waals surface area contributed by atoms with Crippen molar-refractivity contribution in [3.63, 3.8) is 0 Å². The maximum Gasteiger partial charge on any atom is 0.164 e. The third-order valence-electron chi connectivity index (χ3n) is 10.9. The van der Waals surface area contributed by atoms with Crippen LogP contribution in [0.15, 0.2) is 180 Å². The van der Waals surface area contributed by atoms with E-state index in [0.29, 0.717) is 17.5 Å². The number of thiophene rings is 2. The van der Waals surface area contributed by atoms with Crippen molar-refractivity contribution in [3.8, 4) is 56.4 Å². The number of rotatable bonds is 5. The smallest absolute Gasteiger partial charge is 0.164 e. The molecular weight excluding hydrogens is 735 g/mol. The SMILES string of the molecule is c1ccc(-c2nc(-c3ccccc3)nc(-c3ccc4c(c3)sc3ccc(-c5cc(-c6cccc7oc8ccccc8c67)c6sc7ccccc7c6c5)cc34)n2)cc1. The molecule has 0 N–H and O–H groups in total. The highest BCUT2D eigenvalue weighted by Crippen LogP contribution is 2.47. The Balaban J connectivity index is 1.02. The van der Waals surface area contributed by atoms with Crippen LogP contribution in [0.2, 0.25) is 0 Å². The molecule has 0 aliphatic heterocycles. The van der Waals surface area contributed by atoms with E-state index in [4.69, 9.17) is 19.4 Å².